The predicted octanol–water partition coefficient (Wildman–Crippen LogP) is 3.83. The second-order valence-electron chi connectivity index (χ2n) is 4.16. The van der Waals surface area contributed by atoms with Crippen molar-refractivity contribution in [2.75, 3.05) is 5.32 Å². The summed E-state index contributed by atoms with van der Waals surface area (Å²) < 4.78 is 0. The Morgan fingerprint density at radius 3 is 2.60 bits per heavy atom. The lowest BCUT2D eigenvalue weighted by molar-refractivity contribution is 0.102. The molecule has 3 rings (SSSR count). The van der Waals surface area contributed by atoms with Gasteiger partial charge in [0, 0.05) is 28.1 Å². The minimum atomic E-state index is -0.148. The number of thiazole rings is 2. The van der Waals surface area contributed by atoms with E-state index in [2.05, 4.69) is 15.3 Å². The van der Waals surface area contributed by atoms with Crippen LogP contribution in [0.1, 0.15) is 16.1 Å². The van der Waals surface area contributed by atoms with E-state index in [1.165, 1.54) is 11.3 Å². The first-order valence-electron chi connectivity index (χ1n) is 5.96. The Labute approximate surface area is 124 Å². The quantitative estimate of drug-likeness (QED) is 0.800. The monoisotopic (exact) mass is 301 g/mol. The molecule has 1 aromatic carbocycles. The molecule has 0 bridgehead atoms. The molecule has 1 amide bonds. The van der Waals surface area contributed by atoms with E-state index < -0.39 is 0 Å². The maximum absolute atomic E-state index is 12.1. The molecule has 2 aromatic heterocycles. The van der Waals surface area contributed by atoms with Crippen LogP contribution in [0.5, 0.6) is 0 Å². The van der Waals surface area contributed by atoms with E-state index in [0.717, 1.165) is 16.3 Å². The van der Waals surface area contributed by atoms with E-state index in [1.54, 1.807) is 29.7 Å². The number of benzene rings is 1. The van der Waals surface area contributed by atoms with Crippen LogP contribution in [0.2, 0.25) is 0 Å². The molecule has 2 heterocycles. The van der Waals surface area contributed by atoms with E-state index in [1.807, 2.05) is 29.8 Å². The Bertz CT molecular complexity index is 717. The van der Waals surface area contributed by atoms with Crippen LogP contribution in [0.25, 0.3) is 10.6 Å². The highest BCUT2D eigenvalue weighted by molar-refractivity contribution is 7.14. The molecule has 0 spiro atoms. The summed E-state index contributed by atoms with van der Waals surface area (Å²) in [5.41, 5.74) is 2.53. The lowest BCUT2D eigenvalue weighted by Crippen LogP contribution is -2.11. The van der Waals surface area contributed by atoms with Crippen molar-refractivity contribution in [1.82, 2.24) is 9.97 Å². The number of hydrogen-bond acceptors (Lipinski definition) is 5. The first-order valence-corrected chi connectivity index (χ1v) is 7.72. The Balaban J connectivity index is 1.75. The summed E-state index contributed by atoms with van der Waals surface area (Å²) in [5, 5.41) is 8.20. The molecule has 20 heavy (non-hydrogen) atoms. The van der Waals surface area contributed by atoms with Gasteiger partial charge in [-0.15, -0.1) is 22.7 Å². The molecule has 6 heteroatoms. The minimum Gasteiger partial charge on any atom is -0.298 e. The van der Waals surface area contributed by atoms with Gasteiger partial charge in [-0.05, 0) is 19.1 Å². The summed E-state index contributed by atoms with van der Waals surface area (Å²) in [5.74, 6) is -0.148. The highest BCUT2D eigenvalue weighted by atomic mass is 32.1. The smallest absolute Gasteiger partial charge is 0.257 e. The number of carbonyl (C=O) groups is 1. The summed E-state index contributed by atoms with van der Waals surface area (Å²) in [6.07, 6.45) is 1.77. The van der Waals surface area contributed by atoms with Crippen LogP contribution in [0.4, 0.5) is 5.13 Å². The summed E-state index contributed by atoms with van der Waals surface area (Å²) in [4.78, 5) is 20.5. The number of amides is 1. The molecule has 0 aliphatic rings. The average molecular weight is 301 g/mol. The largest absolute Gasteiger partial charge is 0.298 e. The van der Waals surface area contributed by atoms with Gasteiger partial charge in [0.2, 0.25) is 0 Å². The fourth-order valence-electron chi connectivity index (χ4n) is 1.71. The maximum atomic E-state index is 12.1. The lowest BCUT2D eigenvalue weighted by atomic mass is 10.1. The zero-order chi connectivity index (χ0) is 13.9. The van der Waals surface area contributed by atoms with Gasteiger partial charge < -0.3 is 0 Å². The highest BCUT2D eigenvalue weighted by Gasteiger charge is 2.09. The molecule has 0 saturated carbocycles. The maximum Gasteiger partial charge on any atom is 0.257 e. The Morgan fingerprint density at radius 2 is 2.00 bits per heavy atom. The molecule has 100 valence electrons. The molecule has 0 aliphatic carbocycles. The van der Waals surface area contributed by atoms with Crippen molar-refractivity contribution in [1.29, 1.82) is 0 Å². The number of rotatable bonds is 3. The molecule has 0 fully saturated rings. The van der Waals surface area contributed by atoms with Gasteiger partial charge >= 0.3 is 0 Å². The van der Waals surface area contributed by atoms with Gasteiger partial charge in [0.1, 0.15) is 5.01 Å². The molecule has 0 unspecified atom stereocenters. The van der Waals surface area contributed by atoms with Crippen LogP contribution >= 0.6 is 22.7 Å². The highest BCUT2D eigenvalue weighted by Crippen LogP contribution is 2.22. The van der Waals surface area contributed by atoms with Crippen LogP contribution in [-0.2, 0) is 0 Å². The summed E-state index contributed by atoms with van der Waals surface area (Å²) in [6, 6.07) is 7.40. The Kier molecular flexibility index (Phi) is 3.58. The Morgan fingerprint density at radius 1 is 1.20 bits per heavy atom. The fraction of sp³-hybridized carbons (Fsp3) is 0.0714. The second kappa shape index (κ2) is 5.52. The van der Waals surface area contributed by atoms with Gasteiger partial charge in [-0.25, -0.2) is 9.97 Å². The number of aryl methyl sites for hydroxylation is 1. The molecule has 0 radical (unpaired) electrons. The number of aromatic nitrogens is 2. The van der Waals surface area contributed by atoms with Crippen LogP contribution < -0.4 is 5.32 Å². The van der Waals surface area contributed by atoms with Gasteiger partial charge in [0.05, 0.1) is 5.69 Å². The van der Waals surface area contributed by atoms with E-state index >= 15 is 0 Å². The standard InChI is InChI=1S/C14H11N3OS2/c1-9-8-20-14(16-9)17-12(18)10-2-4-11(5-3-10)13-15-6-7-19-13/h2-8H,1H3,(H,16,17,18). The molecule has 1 N–H and O–H groups in total. The first kappa shape index (κ1) is 13.0. The van der Waals surface area contributed by atoms with Gasteiger partial charge in [0.15, 0.2) is 5.13 Å². The molecule has 0 aliphatic heterocycles. The van der Waals surface area contributed by atoms with Crippen molar-refractivity contribution < 1.29 is 4.79 Å². The van der Waals surface area contributed by atoms with Crippen molar-refractivity contribution >= 4 is 33.7 Å². The molecule has 0 atom stereocenters. The van der Waals surface area contributed by atoms with Crippen molar-refractivity contribution in [3.05, 3.63) is 52.5 Å². The number of anilines is 1. The van der Waals surface area contributed by atoms with Crippen molar-refractivity contribution in [3.63, 3.8) is 0 Å². The van der Waals surface area contributed by atoms with Gasteiger partial charge in [-0.1, -0.05) is 12.1 Å². The molecule has 3 aromatic rings. The number of hydrogen-bond donors (Lipinski definition) is 1. The van der Waals surface area contributed by atoms with Crippen molar-refractivity contribution in [2.45, 2.75) is 6.92 Å². The minimum absolute atomic E-state index is 0.148. The number of carbonyl (C=O) groups excluding carboxylic acids is 1. The third kappa shape index (κ3) is 2.76. The van der Waals surface area contributed by atoms with Crippen LogP contribution in [0.15, 0.2) is 41.2 Å². The number of nitrogens with zero attached hydrogens (tertiary/aromatic N) is 2. The Hall–Kier alpha value is -2.05. The van der Waals surface area contributed by atoms with Crippen LogP contribution in [0.3, 0.4) is 0 Å². The topological polar surface area (TPSA) is 54.9 Å². The van der Waals surface area contributed by atoms with Crippen LogP contribution in [0, 0.1) is 6.92 Å². The van der Waals surface area contributed by atoms with Gasteiger partial charge in [-0.3, -0.25) is 10.1 Å². The molecule has 0 saturated heterocycles. The third-order valence-corrected chi connectivity index (χ3v) is 4.36. The van der Waals surface area contributed by atoms with Gasteiger partial charge in [-0.2, -0.15) is 0 Å². The summed E-state index contributed by atoms with van der Waals surface area (Å²) >= 11 is 3.00. The van der Waals surface area contributed by atoms with Crippen LogP contribution in [-0.4, -0.2) is 15.9 Å². The molecular weight excluding hydrogens is 290 g/mol. The van der Waals surface area contributed by atoms with Crippen molar-refractivity contribution in [2.24, 2.45) is 0 Å². The first-order chi connectivity index (χ1) is 9.72. The normalized spacial score (nSPS) is 10.4. The third-order valence-electron chi connectivity index (χ3n) is 2.67. The average Bonchev–Trinajstić information content (AvgIpc) is 3.11. The van der Waals surface area contributed by atoms with Gasteiger partial charge in [0.25, 0.3) is 5.91 Å². The summed E-state index contributed by atoms with van der Waals surface area (Å²) in [7, 11) is 0. The van der Waals surface area contributed by atoms with E-state index in [-0.39, 0.29) is 5.91 Å². The van der Waals surface area contributed by atoms with E-state index in [0.29, 0.717) is 10.7 Å². The predicted molar refractivity (Wildman–Crippen MR) is 82.4 cm³/mol. The second-order valence-corrected chi connectivity index (χ2v) is 5.92. The fourth-order valence-corrected chi connectivity index (χ4v) is 3.04. The lowest BCUT2D eigenvalue weighted by Gasteiger charge is -2.02. The van der Waals surface area contributed by atoms with E-state index in [4.69, 9.17) is 0 Å². The number of nitrogens with one attached hydrogen (secondary N) is 1. The molecule has 4 nitrogen and oxygen atoms in total. The zero-order valence-corrected chi connectivity index (χ0v) is 12.3. The SMILES string of the molecule is Cc1csc(NC(=O)c2ccc(-c3nccs3)cc2)n1. The van der Waals surface area contributed by atoms with Crippen molar-refractivity contribution in [3.8, 4) is 10.6 Å². The summed E-state index contributed by atoms with van der Waals surface area (Å²) in [6.45, 7) is 1.90. The molecular formula is C14H11N3OS2. The zero-order valence-electron chi connectivity index (χ0n) is 10.7. The van der Waals surface area contributed by atoms with E-state index in [9.17, 15) is 4.79 Å².